The van der Waals surface area contributed by atoms with Crippen LogP contribution in [0.25, 0.3) is 0 Å². The van der Waals surface area contributed by atoms with Crippen LogP contribution >= 0.6 is 0 Å². The normalized spacial score (nSPS) is 21.8. The quantitative estimate of drug-likeness (QED) is 0.848. The average Bonchev–Trinajstić information content (AvgIpc) is 3.31. The molecule has 1 amide bonds. The van der Waals surface area contributed by atoms with Crippen molar-refractivity contribution in [1.82, 2.24) is 9.62 Å². The first-order chi connectivity index (χ1) is 11.0. The van der Waals surface area contributed by atoms with Gasteiger partial charge in [-0.25, -0.2) is 8.42 Å². The zero-order valence-electron chi connectivity index (χ0n) is 13.2. The van der Waals surface area contributed by atoms with Gasteiger partial charge in [0, 0.05) is 6.54 Å². The minimum Gasteiger partial charge on any atom is -0.497 e. The maximum atomic E-state index is 12.3. The van der Waals surface area contributed by atoms with Gasteiger partial charge < -0.3 is 10.1 Å². The second-order valence-electron chi connectivity index (χ2n) is 6.16. The van der Waals surface area contributed by atoms with Crippen LogP contribution in [0.5, 0.6) is 5.75 Å². The summed E-state index contributed by atoms with van der Waals surface area (Å²) in [7, 11) is -1.62. The summed E-state index contributed by atoms with van der Waals surface area (Å²) >= 11 is 0. The number of nitrogens with zero attached hydrogens (tertiary/aromatic N) is 1. The highest BCUT2D eigenvalue weighted by molar-refractivity contribution is 7.89. The maximum absolute atomic E-state index is 12.3. The molecule has 0 radical (unpaired) electrons. The molecule has 1 saturated heterocycles. The molecule has 1 aliphatic carbocycles. The zero-order chi connectivity index (χ0) is 16.4. The Balaban J connectivity index is 1.66. The lowest BCUT2D eigenvalue weighted by Crippen LogP contribution is -2.40. The van der Waals surface area contributed by atoms with Crippen LogP contribution in [0.4, 0.5) is 0 Å². The fraction of sp³-hybridized carbons (Fsp3) is 0.562. The Morgan fingerprint density at radius 2 is 2.04 bits per heavy atom. The molecule has 1 aromatic carbocycles. The van der Waals surface area contributed by atoms with Gasteiger partial charge in [0.15, 0.2) is 0 Å². The van der Waals surface area contributed by atoms with Crippen molar-refractivity contribution >= 4 is 15.9 Å². The van der Waals surface area contributed by atoms with E-state index in [1.807, 2.05) is 24.3 Å². The summed E-state index contributed by atoms with van der Waals surface area (Å²) in [6.07, 6.45) is 2.76. The average molecular weight is 338 g/mol. The Morgan fingerprint density at radius 1 is 1.35 bits per heavy atom. The van der Waals surface area contributed by atoms with Gasteiger partial charge in [-0.1, -0.05) is 12.1 Å². The molecule has 3 rings (SSSR count). The Kier molecular flexibility index (Phi) is 4.59. The van der Waals surface area contributed by atoms with E-state index in [9.17, 15) is 13.2 Å². The summed E-state index contributed by atoms with van der Waals surface area (Å²) < 4.78 is 30.0. The number of carbonyl (C=O) groups excluding carboxylic acids is 1. The molecule has 1 saturated carbocycles. The lowest BCUT2D eigenvalue weighted by Gasteiger charge is -2.21. The number of benzene rings is 1. The highest BCUT2D eigenvalue weighted by atomic mass is 32.2. The lowest BCUT2D eigenvalue weighted by atomic mass is 10.0. The van der Waals surface area contributed by atoms with Crippen LogP contribution in [0.1, 0.15) is 30.9 Å². The molecule has 1 N–H and O–H groups in total. The first-order valence-corrected chi connectivity index (χ1v) is 9.51. The molecule has 0 aromatic heterocycles. The third-order valence-electron chi connectivity index (χ3n) is 4.41. The van der Waals surface area contributed by atoms with E-state index in [4.69, 9.17) is 4.74 Å². The zero-order valence-corrected chi connectivity index (χ0v) is 14.0. The van der Waals surface area contributed by atoms with Crippen LogP contribution in [0.15, 0.2) is 24.3 Å². The first kappa shape index (κ1) is 16.3. The van der Waals surface area contributed by atoms with E-state index in [1.165, 1.54) is 4.31 Å². The number of methoxy groups -OCH3 is 1. The number of nitrogens with one attached hydrogen (secondary N) is 1. The summed E-state index contributed by atoms with van der Waals surface area (Å²) in [5, 5.41) is 3.01. The molecule has 2 aliphatic rings. The summed E-state index contributed by atoms with van der Waals surface area (Å²) in [4.78, 5) is 12.3. The fourth-order valence-electron chi connectivity index (χ4n) is 2.96. The van der Waals surface area contributed by atoms with Crippen molar-refractivity contribution in [2.45, 2.75) is 25.3 Å². The standard InChI is InChI=1S/C16H22N2O4S/c1-22-14-7-5-13(6-8-14)16(12-3-4-12)17-15(19)11-18-9-2-10-23(18,20)21/h5-8,12,16H,2-4,9-11H2,1H3,(H,17,19)/t16-/m0/s1. The van der Waals surface area contributed by atoms with Crippen molar-refractivity contribution in [3.8, 4) is 5.75 Å². The molecule has 1 heterocycles. The van der Waals surface area contributed by atoms with Crippen LogP contribution in [0, 0.1) is 5.92 Å². The van der Waals surface area contributed by atoms with Gasteiger partial charge in [-0.3, -0.25) is 4.79 Å². The maximum Gasteiger partial charge on any atom is 0.235 e. The fourth-order valence-corrected chi connectivity index (χ4v) is 4.44. The highest BCUT2D eigenvalue weighted by Crippen LogP contribution is 2.41. The molecule has 0 unspecified atom stereocenters. The topological polar surface area (TPSA) is 75.7 Å². The molecule has 1 aliphatic heterocycles. The second kappa shape index (κ2) is 6.49. The van der Waals surface area contributed by atoms with E-state index >= 15 is 0 Å². The molecule has 126 valence electrons. The molecular formula is C16H22N2O4S. The van der Waals surface area contributed by atoms with Crippen molar-refractivity contribution in [2.24, 2.45) is 5.92 Å². The van der Waals surface area contributed by atoms with Crippen LogP contribution in [-0.4, -0.2) is 44.6 Å². The van der Waals surface area contributed by atoms with Crippen molar-refractivity contribution in [3.05, 3.63) is 29.8 Å². The number of rotatable bonds is 6. The Bertz CT molecular complexity index is 668. The van der Waals surface area contributed by atoms with Crippen molar-refractivity contribution in [2.75, 3.05) is 26.0 Å². The van der Waals surface area contributed by atoms with Crippen LogP contribution in [-0.2, 0) is 14.8 Å². The third kappa shape index (κ3) is 3.84. The van der Waals surface area contributed by atoms with Gasteiger partial charge >= 0.3 is 0 Å². The smallest absolute Gasteiger partial charge is 0.235 e. The summed E-state index contributed by atoms with van der Waals surface area (Å²) in [5.41, 5.74) is 1.03. The van der Waals surface area contributed by atoms with Gasteiger partial charge in [0.05, 0.1) is 25.4 Å². The van der Waals surface area contributed by atoms with E-state index in [1.54, 1.807) is 7.11 Å². The number of carbonyl (C=O) groups is 1. The SMILES string of the molecule is COc1ccc([C@@H](NC(=O)CN2CCCS2(=O)=O)C2CC2)cc1. The van der Waals surface area contributed by atoms with E-state index in [0.717, 1.165) is 24.2 Å². The largest absolute Gasteiger partial charge is 0.497 e. The van der Waals surface area contributed by atoms with Gasteiger partial charge in [-0.2, -0.15) is 4.31 Å². The molecule has 1 atom stereocenters. The minimum atomic E-state index is -3.24. The lowest BCUT2D eigenvalue weighted by molar-refractivity contribution is -0.122. The predicted molar refractivity (Wildman–Crippen MR) is 86.6 cm³/mol. The summed E-state index contributed by atoms with van der Waals surface area (Å²) in [5.74, 6) is 1.12. The van der Waals surface area contributed by atoms with E-state index in [-0.39, 0.29) is 24.2 Å². The second-order valence-corrected chi connectivity index (χ2v) is 8.25. The van der Waals surface area contributed by atoms with Crippen LogP contribution in [0.2, 0.25) is 0 Å². The number of ether oxygens (including phenoxy) is 1. The molecule has 0 bridgehead atoms. The summed E-state index contributed by atoms with van der Waals surface area (Å²) in [6.45, 7) is 0.355. The van der Waals surface area contributed by atoms with Gasteiger partial charge in [0.2, 0.25) is 15.9 Å². The molecule has 23 heavy (non-hydrogen) atoms. The number of amides is 1. The molecular weight excluding hydrogens is 316 g/mol. The minimum absolute atomic E-state index is 0.0567. The third-order valence-corrected chi connectivity index (χ3v) is 6.31. The predicted octanol–water partition coefficient (Wildman–Crippen LogP) is 1.30. The molecule has 6 nitrogen and oxygen atoms in total. The van der Waals surface area contributed by atoms with E-state index in [2.05, 4.69) is 5.32 Å². The summed E-state index contributed by atoms with van der Waals surface area (Å²) in [6, 6.07) is 7.60. The van der Waals surface area contributed by atoms with Gasteiger partial charge in [-0.15, -0.1) is 0 Å². The molecule has 0 spiro atoms. The van der Waals surface area contributed by atoms with E-state index in [0.29, 0.717) is 18.9 Å². The van der Waals surface area contributed by atoms with Gasteiger partial charge in [-0.05, 0) is 42.9 Å². The van der Waals surface area contributed by atoms with Gasteiger partial charge in [0.1, 0.15) is 5.75 Å². The molecule has 7 heteroatoms. The first-order valence-electron chi connectivity index (χ1n) is 7.91. The van der Waals surface area contributed by atoms with Crippen molar-refractivity contribution in [3.63, 3.8) is 0 Å². The Morgan fingerprint density at radius 3 is 2.57 bits per heavy atom. The molecule has 2 fully saturated rings. The monoisotopic (exact) mass is 338 g/mol. The van der Waals surface area contributed by atoms with Crippen LogP contribution in [0.3, 0.4) is 0 Å². The number of hydrogen-bond acceptors (Lipinski definition) is 4. The Hall–Kier alpha value is -1.60. The number of hydrogen-bond donors (Lipinski definition) is 1. The number of sulfonamides is 1. The van der Waals surface area contributed by atoms with Crippen molar-refractivity contribution in [1.29, 1.82) is 0 Å². The Labute approximate surface area is 136 Å². The highest BCUT2D eigenvalue weighted by Gasteiger charge is 2.35. The van der Waals surface area contributed by atoms with Crippen LogP contribution < -0.4 is 10.1 Å². The van der Waals surface area contributed by atoms with Crippen molar-refractivity contribution < 1.29 is 17.9 Å². The van der Waals surface area contributed by atoms with E-state index < -0.39 is 10.0 Å². The molecule has 1 aromatic rings. The van der Waals surface area contributed by atoms with Gasteiger partial charge in [0.25, 0.3) is 0 Å².